The third-order valence-corrected chi connectivity index (χ3v) is 6.36. The predicted molar refractivity (Wildman–Crippen MR) is 115 cm³/mol. The Morgan fingerprint density at radius 3 is 2.50 bits per heavy atom. The SMILES string of the molecule is CCOP(=O)(C=CC1CC(OC(=O)c2ccccc2)C(n2ccc(=O)[nH]c2=O)O1)OCC. The number of nitrogens with zero attached hydrogens (tertiary/aromatic N) is 1. The van der Waals surface area contributed by atoms with Gasteiger partial charge in [0.15, 0.2) is 12.3 Å². The number of hydrogen-bond donors (Lipinski definition) is 1. The minimum atomic E-state index is -3.46. The first-order valence-electron chi connectivity index (χ1n) is 10.2. The van der Waals surface area contributed by atoms with Gasteiger partial charge in [0.1, 0.15) is 0 Å². The molecule has 0 amide bonds. The molecule has 0 radical (unpaired) electrons. The van der Waals surface area contributed by atoms with Gasteiger partial charge in [-0.2, -0.15) is 0 Å². The topological polar surface area (TPSA) is 126 Å². The highest BCUT2D eigenvalue weighted by molar-refractivity contribution is 7.57. The Balaban J connectivity index is 1.86. The molecule has 172 valence electrons. The van der Waals surface area contributed by atoms with E-state index in [4.69, 9.17) is 18.5 Å². The van der Waals surface area contributed by atoms with E-state index in [1.54, 1.807) is 44.2 Å². The van der Waals surface area contributed by atoms with Crippen LogP contribution >= 0.6 is 7.60 Å². The number of rotatable bonds is 9. The minimum Gasteiger partial charge on any atom is -0.454 e. The summed E-state index contributed by atoms with van der Waals surface area (Å²) in [5.41, 5.74) is -0.925. The molecular weight excluding hydrogens is 439 g/mol. The van der Waals surface area contributed by atoms with Crippen molar-refractivity contribution in [2.24, 2.45) is 0 Å². The lowest BCUT2D eigenvalue weighted by molar-refractivity contribution is -0.0421. The van der Waals surface area contributed by atoms with Crippen LogP contribution in [0.4, 0.5) is 0 Å². The van der Waals surface area contributed by atoms with E-state index in [2.05, 4.69) is 4.98 Å². The molecule has 2 aromatic rings. The third kappa shape index (κ3) is 5.92. The molecule has 11 heteroatoms. The van der Waals surface area contributed by atoms with Crippen LogP contribution in [0.1, 0.15) is 36.9 Å². The molecule has 1 fully saturated rings. The van der Waals surface area contributed by atoms with Gasteiger partial charge in [0.05, 0.1) is 24.9 Å². The van der Waals surface area contributed by atoms with Crippen molar-refractivity contribution in [3.63, 3.8) is 0 Å². The van der Waals surface area contributed by atoms with Crippen LogP contribution in [0, 0.1) is 0 Å². The van der Waals surface area contributed by atoms with Gasteiger partial charge in [0.2, 0.25) is 0 Å². The van der Waals surface area contributed by atoms with Crippen LogP contribution in [0.5, 0.6) is 0 Å². The van der Waals surface area contributed by atoms with E-state index >= 15 is 0 Å². The maximum atomic E-state index is 12.7. The molecule has 0 bridgehead atoms. The molecule has 1 saturated heterocycles. The molecule has 0 saturated carbocycles. The first-order chi connectivity index (χ1) is 15.3. The minimum absolute atomic E-state index is 0.184. The molecule has 0 spiro atoms. The summed E-state index contributed by atoms with van der Waals surface area (Å²) in [6.07, 6.45) is 0.462. The van der Waals surface area contributed by atoms with E-state index in [1.807, 2.05) is 0 Å². The number of H-pyrrole nitrogens is 1. The smallest absolute Gasteiger partial charge is 0.353 e. The highest BCUT2D eigenvalue weighted by Crippen LogP contribution is 2.50. The normalized spacial score (nSPS) is 21.1. The van der Waals surface area contributed by atoms with Gasteiger partial charge in [-0.05, 0) is 32.1 Å². The molecule has 1 aliphatic heterocycles. The number of aromatic nitrogens is 2. The summed E-state index contributed by atoms with van der Waals surface area (Å²) < 4.78 is 35.8. The van der Waals surface area contributed by atoms with Gasteiger partial charge in [-0.15, -0.1) is 0 Å². The quantitative estimate of drug-likeness (QED) is 0.444. The van der Waals surface area contributed by atoms with E-state index in [0.29, 0.717) is 5.56 Å². The molecule has 1 aromatic heterocycles. The van der Waals surface area contributed by atoms with Crippen LogP contribution in [-0.2, 0) is 23.1 Å². The van der Waals surface area contributed by atoms with E-state index in [1.165, 1.54) is 24.2 Å². The lowest BCUT2D eigenvalue weighted by Gasteiger charge is -2.20. The van der Waals surface area contributed by atoms with Crippen molar-refractivity contribution >= 4 is 13.6 Å². The zero-order valence-corrected chi connectivity index (χ0v) is 18.6. The van der Waals surface area contributed by atoms with Crippen molar-refractivity contribution in [3.05, 3.63) is 80.9 Å². The van der Waals surface area contributed by atoms with Gasteiger partial charge in [-0.25, -0.2) is 9.59 Å². The van der Waals surface area contributed by atoms with Crippen molar-refractivity contribution in [3.8, 4) is 0 Å². The molecule has 2 heterocycles. The predicted octanol–water partition coefficient (Wildman–Crippen LogP) is 2.83. The number of aromatic amines is 1. The molecule has 10 nitrogen and oxygen atoms in total. The van der Waals surface area contributed by atoms with E-state index in [0.717, 1.165) is 4.57 Å². The van der Waals surface area contributed by atoms with Gasteiger partial charge >= 0.3 is 19.3 Å². The Hall–Kier alpha value is -2.78. The van der Waals surface area contributed by atoms with Gasteiger partial charge in [-0.1, -0.05) is 18.2 Å². The molecular formula is C21H25N2O8P. The lowest BCUT2D eigenvalue weighted by Crippen LogP contribution is -2.36. The summed E-state index contributed by atoms with van der Waals surface area (Å²) in [6.45, 7) is 3.78. The molecule has 1 aliphatic rings. The second kappa shape index (κ2) is 10.7. The Bertz CT molecular complexity index is 1100. The molecule has 1 aromatic carbocycles. The highest BCUT2D eigenvalue weighted by Gasteiger charge is 2.39. The van der Waals surface area contributed by atoms with E-state index < -0.39 is 43.2 Å². The maximum absolute atomic E-state index is 12.7. The standard InChI is InChI=1S/C21H25N2O8P/c1-3-28-32(27,29-4-2)13-11-16-14-17(31-20(25)15-8-6-5-7-9-15)19(30-16)23-12-10-18(24)22-21(23)26/h5-13,16-17,19H,3-4,14H2,1-2H3,(H,22,24,26). The van der Waals surface area contributed by atoms with Crippen LogP contribution in [0.3, 0.4) is 0 Å². The van der Waals surface area contributed by atoms with E-state index in [9.17, 15) is 18.9 Å². The largest absolute Gasteiger partial charge is 0.454 e. The summed E-state index contributed by atoms with van der Waals surface area (Å²) in [4.78, 5) is 38.5. The fourth-order valence-corrected chi connectivity index (χ4v) is 4.60. The first kappa shape index (κ1) is 23.9. The average Bonchev–Trinajstić information content (AvgIpc) is 3.16. The molecule has 3 unspecified atom stereocenters. The Morgan fingerprint density at radius 1 is 1.19 bits per heavy atom. The number of carbonyl (C=O) groups is 1. The lowest BCUT2D eigenvalue weighted by atomic mass is 10.2. The van der Waals surface area contributed by atoms with Crippen LogP contribution in [0.15, 0.2) is 64.1 Å². The summed E-state index contributed by atoms with van der Waals surface area (Å²) >= 11 is 0. The van der Waals surface area contributed by atoms with Gasteiger partial charge in [0, 0.05) is 24.5 Å². The Labute approximate surface area is 184 Å². The van der Waals surface area contributed by atoms with Crippen LogP contribution in [0.2, 0.25) is 0 Å². The maximum Gasteiger partial charge on any atom is 0.353 e. The molecule has 32 heavy (non-hydrogen) atoms. The van der Waals surface area contributed by atoms with Crippen molar-refractivity contribution in [1.82, 2.24) is 9.55 Å². The third-order valence-electron chi connectivity index (χ3n) is 4.59. The number of nitrogens with one attached hydrogen (secondary N) is 1. The number of carbonyl (C=O) groups excluding carboxylic acids is 1. The zero-order chi connectivity index (χ0) is 23.1. The fourth-order valence-electron chi connectivity index (χ4n) is 3.23. The van der Waals surface area contributed by atoms with Gasteiger partial charge < -0.3 is 18.5 Å². The van der Waals surface area contributed by atoms with Crippen LogP contribution in [-0.4, -0.2) is 40.9 Å². The summed E-state index contributed by atoms with van der Waals surface area (Å²) in [5, 5.41) is 0. The highest BCUT2D eigenvalue weighted by atomic mass is 31.2. The molecule has 1 N–H and O–H groups in total. The summed E-state index contributed by atoms with van der Waals surface area (Å²) in [7, 11) is -3.46. The monoisotopic (exact) mass is 464 g/mol. The fraction of sp³-hybridized carbons (Fsp3) is 0.381. The van der Waals surface area contributed by atoms with E-state index in [-0.39, 0.29) is 19.6 Å². The zero-order valence-electron chi connectivity index (χ0n) is 17.7. The van der Waals surface area contributed by atoms with Crippen LogP contribution < -0.4 is 11.2 Å². The average molecular weight is 464 g/mol. The number of hydrogen-bond acceptors (Lipinski definition) is 8. The first-order valence-corrected chi connectivity index (χ1v) is 11.8. The van der Waals surface area contributed by atoms with Crippen LogP contribution in [0.25, 0.3) is 0 Å². The molecule has 3 rings (SSSR count). The number of ether oxygens (including phenoxy) is 2. The number of benzene rings is 1. The second-order valence-electron chi connectivity index (χ2n) is 6.84. The van der Waals surface area contributed by atoms with Crippen molar-refractivity contribution < 1.29 is 27.9 Å². The van der Waals surface area contributed by atoms with Gasteiger partial charge in [-0.3, -0.25) is 18.9 Å². The van der Waals surface area contributed by atoms with Crippen molar-refractivity contribution in [2.75, 3.05) is 13.2 Å². The number of esters is 1. The van der Waals surface area contributed by atoms with Gasteiger partial charge in [0.25, 0.3) is 5.56 Å². The Morgan fingerprint density at radius 2 is 1.88 bits per heavy atom. The summed E-state index contributed by atoms with van der Waals surface area (Å²) in [5.74, 6) is 0.722. The van der Waals surface area contributed by atoms with Crippen molar-refractivity contribution in [2.45, 2.75) is 38.7 Å². The molecule has 3 atom stereocenters. The Kier molecular flexibility index (Phi) is 7.98. The molecule has 0 aliphatic carbocycles. The second-order valence-corrected chi connectivity index (χ2v) is 8.74. The summed E-state index contributed by atoms with van der Waals surface area (Å²) in [6, 6.07) is 9.57. The van der Waals surface area contributed by atoms with Crippen molar-refractivity contribution in [1.29, 1.82) is 0 Å².